The average Bonchev–Trinajstić information content (AvgIpc) is 3.16. The van der Waals surface area contributed by atoms with Crippen LogP contribution < -0.4 is 5.32 Å². The van der Waals surface area contributed by atoms with Crippen molar-refractivity contribution in [3.63, 3.8) is 0 Å². The van der Waals surface area contributed by atoms with Crippen LogP contribution in [0.2, 0.25) is 0 Å². The predicted octanol–water partition coefficient (Wildman–Crippen LogP) is 3.55. The number of nitrogens with zero attached hydrogens (tertiary/aromatic N) is 5. The number of nitrogens with one attached hydrogen (secondary N) is 1. The van der Waals surface area contributed by atoms with Gasteiger partial charge in [0.1, 0.15) is 18.5 Å². The summed E-state index contributed by atoms with van der Waals surface area (Å²) in [5.74, 6) is 1.69. The predicted molar refractivity (Wildman–Crippen MR) is 113 cm³/mol. The quantitative estimate of drug-likeness (QED) is 0.447. The summed E-state index contributed by atoms with van der Waals surface area (Å²) in [6.07, 6.45) is 5.04. The summed E-state index contributed by atoms with van der Waals surface area (Å²) in [6.45, 7) is 2.58. The van der Waals surface area contributed by atoms with E-state index >= 15 is 0 Å². The minimum Gasteiger partial charge on any atom is -0.446 e. The number of carbonyl (C=O) groups excluding carboxylic acids is 1. The first kappa shape index (κ1) is 20.1. The molecule has 1 fully saturated rings. The number of rotatable bonds is 8. The van der Waals surface area contributed by atoms with Crippen LogP contribution in [0.4, 0.5) is 5.82 Å². The van der Waals surface area contributed by atoms with Crippen LogP contribution in [0.5, 0.6) is 0 Å². The van der Waals surface area contributed by atoms with Crippen molar-refractivity contribution in [3.8, 4) is 11.3 Å². The van der Waals surface area contributed by atoms with E-state index in [0.29, 0.717) is 35.7 Å². The molecule has 1 aliphatic rings. The Morgan fingerprint density at radius 3 is 2.97 bits per heavy atom. The number of ether oxygens (including phenoxy) is 1. The molecular weight excluding hydrogens is 412 g/mol. The summed E-state index contributed by atoms with van der Waals surface area (Å²) >= 11 is 0. The van der Waals surface area contributed by atoms with E-state index in [2.05, 4.69) is 25.5 Å². The molecule has 0 atom stereocenters. The number of hydrogen-bond acceptors (Lipinski definition) is 8. The zero-order chi connectivity index (χ0) is 22.1. The van der Waals surface area contributed by atoms with Crippen LogP contribution >= 0.6 is 0 Å². The molecule has 10 nitrogen and oxygen atoms in total. The molecule has 1 aliphatic carbocycles. The molecule has 1 N–H and O–H groups in total. The SMILES string of the molecule is COCc1coc(Cn2ncc(NC(=O)c3nc(C4CC4)oc3-c3cccc(C)c3)n2)n1. The standard InChI is InChI=1S/C22H22N6O4/c1-13-4-3-5-15(8-13)20-19(26-22(32-20)14-6-7-14)21(29)25-17-9-23-28(27-17)10-18-24-16(11-30-2)12-31-18/h3-5,8-9,12,14H,6-7,10-11H2,1-2H3,(H,25,27,29). The second-order valence-electron chi connectivity index (χ2n) is 7.75. The van der Waals surface area contributed by atoms with E-state index in [9.17, 15) is 4.79 Å². The number of methoxy groups -OCH3 is 1. The second kappa shape index (κ2) is 8.39. The van der Waals surface area contributed by atoms with Crippen LogP contribution in [-0.4, -0.2) is 38.0 Å². The van der Waals surface area contributed by atoms with Gasteiger partial charge in [0, 0.05) is 18.6 Å². The molecule has 3 heterocycles. The molecule has 4 aromatic rings. The van der Waals surface area contributed by atoms with E-state index in [1.165, 1.54) is 17.3 Å². The molecule has 0 bridgehead atoms. The average molecular weight is 434 g/mol. The lowest BCUT2D eigenvalue weighted by molar-refractivity contribution is 0.102. The maximum Gasteiger partial charge on any atom is 0.279 e. The van der Waals surface area contributed by atoms with Crippen LogP contribution in [0.3, 0.4) is 0 Å². The Balaban J connectivity index is 1.34. The summed E-state index contributed by atoms with van der Waals surface area (Å²) in [6, 6.07) is 7.80. The number of aryl methyl sites for hydroxylation is 1. The van der Waals surface area contributed by atoms with Gasteiger partial charge in [-0.05, 0) is 25.8 Å². The Kier molecular flexibility index (Phi) is 5.28. The molecule has 5 rings (SSSR count). The highest BCUT2D eigenvalue weighted by Crippen LogP contribution is 2.41. The van der Waals surface area contributed by atoms with Crippen LogP contribution in [0.1, 0.15) is 52.3 Å². The van der Waals surface area contributed by atoms with Crippen molar-refractivity contribution in [1.29, 1.82) is 0 Å². The van der Waals surface area contributed by atoms with Crippen molar-refractivity contribution in [2.45, 2.75) is 38.8 Å². The van der Waals surface area contributed by atoms with Gasteiger partial charge in [0.05, 0.1) is 12.8 Å². The second-order valence-corrected chi connectivity index (χ2v) is 7.75. The van der Waals surface area contributed by atoms with Crippen molar-refractivity contribution >= 4 is 11.7 Å². The Bertz CT molecular complexity index is 1250. The summed E-state index contributed by atoms with van der Waals surface area (Å²) < 4.78 is 16.4. The van der Waals surface area contributed by atoms with Crippen molar-refractivity contribution < 1.29 is 18.4 Å². The summed E-state index contributed by atoms with van der Waals surface area (Å²) in [5.41, 5.74) is 2.81. The van der Waals surface area contributed by atoms with Gasteiger partial charge in [-0.25, -0.2) is 9.97 Å². The van der Waals surface area contributed by atoms with Gasteiger partial charge in [-0.1, -0.05) is 23.8 Å². The number of carbonyl (C=O) groups is 1. The Hall–Kier alpha value is -3.79. The molecular formula is C22H22N6O4. The molecule has 1 aromatic carbocycles. The van der Waals surface area contributed by atoms with Gasteiger partial charge in [-0.3, -0.25) is 4.79 Å². The Labute approximate surface area is 183 Å². The summed E-state index contributed by atoms with van der Waals surface area (Å²) in [5, 5.41) is 11.2. The van der Waals surface area contributed by atoms with E-state index in [-0.39, 0.29) is 18.2 Å². The van der Waals surface area contributed by atoms with Gasteiger partial charge in [0.2, 0.25) is 5.89 Å². The first-order valence-electron chi connectivity index (χ1n) is 10.3. The van der Waals surface area contributed by atoms with Gasteiger partial charge >= 0.3 is 0 Å². The summed E-state index contributed by atoms with van der Waals surface area (Å²) in [7, 11) is 1.59. The van der Waals surface area contributed by atoms with Gasteiger partial charge in [0.25, 0.3) is 5.91 Å². The summed E-state index contributed by atoms with van der Waals surface area (Å²) in [4.78, 5) is 23.2. The fourth-order valence-corrected chi connectivity index (χ4v) is 3.34. The van der Waals surface area contributed by atoms with Gasteiger partial charge in [-0.15, -0.1) is 5.10 Å². The fraction of sp³-hybridized carbons (Fsp3) is 0.318. The minimum atomic E-state index is -0.400. The van der Waals surface area contributed by atoms with E-state index in [1.54, 1.807) is 7.11 Å². The maximum atomic E-state index is 13.0. The van der Waals surface area contributed by atoms with Gasteiger partial charge in [-0.2, -0.15) is 9.90 Å². The molecule has 3 aromatic heterocycles. The van der Waals surface area contributed by atoms with Gasteiger partial charge < -0.3 is 18.9 Å². The van der Waals surface area contributed by atoms with E-state index in [4.69, 9.17) is 13.6 Å². The lowest BCUT2D eigenvalue weighted by atomic mass is 10.1. The van der Waals surface area contributed by atoms with E-state index in [0.717, 1.165) is 24.0 Å². The highest BCUT2D eigenvalue weighted by molar-refractivity contribution is 6.06. The number of hydrogen-bond donors (Lipinski definition) is 1. The molecule has 1 saturated carbocycles. The zero-order valence-corrected chi connectivity index (χ0v) is 17.7. The third-order valence-electron chi connectivity index (χ3n) is 5.01. The van der Waals surface area contributed by atoms with Crippen LogP contribution in [-0.2, 0) is 17.9 Å². The van der Waals surface area contributed by atoms with Crippen molar-refractivity contribution in [3.05, 3.63) is 65.5 Å². The van der Waals surface area contributed by atoms with Crippen LogP contribution in [0.25, 0.3) is 11.3 Å². The lowest BCUT2D eigenvalue weighted by Gasteiger charge is -2.02. The molecule has 10 heteroatoms. The molecule has 0 aliphatic heterocycles. The van der Waals surface area contributed by atoms with Crippen molar-refractivity contribution in [2.75, 3.05) is 12.4 Å². The smallest absolute Gasteiger partial charge is 0.279 e. The monoisotopic (exact) mass is 434 g/mol. The Morgan fingerprint density at radius 2 is 2.19 bits per heavy atom. The fourth-order valence-electron chi connectivity index (χ4n) is 3.34. The third kappa shape index (κ3) is 4.30. The van der Waals surface area contributed by atoms with E-state index in [1.807, 2.05) is 31.2 Å². The van der Waals surface area contributed by atoms with Crippen molar-refractivity contribution in [2.24, 2.45) is 0 Å². The minimum absolute atomic E-state index is 0.226. The largest absolute Gasteiger partial charge is 0.446 e. The van der Waals surface area contributed by atoms with Crippen LogP contribution in [0, 0.1) is 6.92 Å². The maximum absolute atomic E-state index is 13.0. The molecule has 164 valence electrons. The molecule has 1 amide bonds. The zero-order valence-electron chi connectivity index (χ0n) is 17.7. The topological polar surface area (TPSA) is 121 Å². The molecule has 0 spiro atoms. The highest BCUT2D eigenvalue weighted by Gasteiger charge is 2.32. The van der Waals surface area contributed by atoms with Crippen molar-refractivity contribution in [1.82, 2.24) is 25.0 Å². The van der Waals surface area contributed by atoms with Crippen LogP contribution in [0.15, 0.2) is 45.6 Å². The molecule has 0 unspecified atom stereocenters. The number of aromatic nitrogens is 5. The normalized spacial score (nSPS) is 13.4. The number of anilines is 1. The first-order valence-corrected chi connectivity index (χ1v) is 10.3. The van der Waals surface area contributed by atoms with Gasteiger partial charge in [0.15, 0.2) is 23.2 Å². The lowest BCUT2D eigenvalue weighted by Crippen LogP contribution is -2.14. The number of benzene rings is 1. The number of oxazole rings is 2. The third-order valence-corrected chi connectivity index (χ3v) is 5.01. The number of amides is 1. The molecule has 0 saturated heterocycles. The van der Waals surface area contributed by atoms with E-state index < -0.39 is 5.91 Å². The highest BCUT2D eigenvalue weighted by atomic mass is 16.5. The Morgan fingerprint density at radius 1 is 1.31 bits per heavy atom. The molecule has 0 radical (unpaired) electrons. The molecule has 32 heavy (non-hydrogen) atoms. The first-order chi connectivity index (χ1) is 15.6.